The second-order valence-corrected chi connectivity index (χ2v) is 10.2. The number of allylic oxidation sites excluding steroid dienone is 2. The number of piperidine rings is 2. The first-order chi connectivity index (χ1) is 16.2. The highest BCUT2D eigenvalue weighted by Gasteiger charge is 2.20. The summed E-state index contributed by atoms with van der Waals surface area (Å²) in [6.07, 6.45) is 14.5. The molecule has 2 aliphatic heterocycles. The summed E-state index contributed by atoms with van der Waals surface area (Å²) in [6.45, 7) is 9.37. The molecule has 2 aliphatic rings. The van der Waals surface area contributed by atoms with Crippen LogP contribution in [-0.4, -0.2) is 36.0 Å². The zero-order chi connectivity index (χ0) is 22.9. The zero-order valence-corrected chi connectivity index (χ0v) is 20.8. The van der Waals surface area contributed by atoms with Crippen LogP contribution in [0.3, 0.4) is 0 Å². The van der Waals surface area contributed by atoms with Crippen molar-refractivity contribution < 1.29 is 0 Å². The fourth-order valence-electron chi connectivity index (χ4n) is 5.54. The summed E-state index contributed by atoms with van der Waals surface area (Å²) in [5, 5.41) is 0. The molecule has 2 saturated heterocycles. The average Bonchev–Trinajstić information content (AvgIpc) is 2.87. The molecule has 0 saturated carbocycles. The molecule has 0 spiro atoms. The van der Waals surface area contributed by atoms with Gasteiger partial charge >= 0.3 is 0 Å². The van der Waals surface area contributed by atoms with Crippen molar-refractivity contribution in [3.05, 3.63) is 84.2 Å². The van der Waals surface area contributed by atoms with Gasteiger partial charge in [0.15, 0.2) is 0 Å². The Balaban J connectivity index is 1.12. The van der Waals surface area contributed by atoms with Crippen LogP contribution in [0.2, 0.25) is 0 Å². The maximum Gasteiger partial charge on any atom is 0.0175 e. The molecular formula is C31H42N2. The molecule has 0 aromatic heterocycles. The smallest absolute Gasteiger partial charge is 0.0175 e. The van der Waals surface area contributed by atoms with Gasteiger partial charge < -0.3 is 9.80 Å². The Hall–Kier alpha value is -2.48. The Kier molecular flexibility index (Phi) is 8.69. The van der Waals surface area contributed by atoms with E-state index in [4.69, 9.17) is 0 Å². The van der Waals surface area contributed by atoms with E-state index in [2.05, 4.69) is 96.7 Å². The van der Waals surface area contributed by atoms with Crippen LogP contribution in [0.15, 0.2) is 73.1 Å². The lowest BCUT2D eigenvalue weighted by molar-refractivity contribution is 0.210. The molecule has 0 atom stereocenters. The normalized spacial score (nSPS) is 19.2. The number of hydrogen-bond donors (Lipinski definition) is 0. The molecule has 0 radical (unpaired) electrons. The summed E-state index contributed by atoms with van der Waals surface area (Å²) in [7, 11) is 0. The number of likely N-dealkylation sites (tertiary alicyclic amines) is 2. The van der Waals surface area contributed by atoms with Gasteiger partial charge in [-0.2, -0.15) is 0 Å². The molecule has 4 rings (SSSR count). The van der Waals surface area contributed by atoms with E-state index in [1.165, 1.54) is 93.4 Å². The van der Waals surface area contributed by atoms with Crippen LogP contribution in [0, 0.1) is 11.8 Å². The highest BCUT2D eigenvalue weighted by molar-refractivity contribution is 5.63. The van der Waals surface area contributed by atoms with E-state index in [9.17, 15) is 0 Å². The molecule has 0 unspecified atom stereocenters. The van der Waals surface area contributed by atoms with E-state index >= 15 is 0 Å². The van der Waals surface area contributed by atoms with Gasteiger partial charge in [-0.3, -0.25) is 0 Å². The summed E-state index contributed by atoms with van der Waals surface area (Å²) in [4.78, 5) is 5.08. The quantitative estimate of drug-likeness (QED) is 0.413. The summed E-state index contributed by atoms with van der Waals surface area (Å²) >= 11 is 0. The molecule has 2 aromatic carbocycles. The standard InChI is InChI=1S/C31H42N2/c1-26(30-12-5-3-6-13-30)24-32-20-16-28(17-21-32)10-9-11-29-18-22-33(23-19-29)25-27(2)31-14-7-4-8-15-31/h3-8,12-15,24-25,28-29H,9-11,16-23H2,1-2H3/b26-24+,27-25+. The van der Waals surface area contributed by atoms with Crippen molar-refractivity contribution in [1.29, 1.82) is 0 Å². The number of hydrogen-bond acceptors (Lipinski definition) is 2. The molecule has 0 bridgehead atoms. The van der Waals surface area contributed by atoms with Gasteiger partial charge in [-0.25, -0.2) is 0 Å². The van der Waals surface area contributed by atoms with Gasteiger partial charge in [0.25, 0.3) is 0 Å². The summed E-state index contributed by atoms with van der Waals surface area (Å²) < 4.78 is 0. The van der Waals surface area contributed by atoms with Gasteiger partial charge in [-0.1, -0.05) is 79.9 Å². The lowest BCUT2D eigenvalue weighted by Crippen LogP contribution is -2.30. The third-order valence-corrected chi connectivity index (χ3v) is 7.73. The molecule has 2 heterocycles. The Morgan fingerprint density at radius 2 is 1.00 bits per heavy atom. The van der Waals surface area contributed by atoms with Crippen LogP contribution in [-0.2, 0) is 0 Å². The monoisotopic (exact) mass is 442 g/mol. The summed E-state index contributed by atoms with van der Waals surface area (Å²) in [5.41, 5.74) is 5.45. The van der Waals surface area contributed by atoms with E-state index in [0.717, 1.165) is 11.8 Å². The second kappa shape index (κ2) is 12.1. The van der Waals surface area contributed by atoms with Crippen LogP contribution < -0.4 is 0 Å². The van der Waals surface area contributed by atoms with Crippen molar-refractivity contribution >= 4 is 11.1 Å². The fourth-order valence-corrected chi connectivity index (χ4v) is 5.54. The lowest BCUT2D eigenvalue weighted by Gasteiger charge is -2.33. The van der Waals surface area contributed by atoms with Crippen LogP contribution in [0.25, 0.3) is 11.1 Å². The summed E-state index contributed by atoms with van der Waals surface area (Å²) in [6, 6.07) is 21.6. The fraction of sp³-hybridized carbons (Fsp3) is 0.484. The molecule has 2 fully saturated rings. The first-order valence-corrected chi connectivity index (χ1v) is 13.1. The van der Waals surface area contributed by atoms with Crippen molar-refractivity contribution in [1.82, 2.24) is 9.80 Å². The Bertz CT molecular complexity index is 808. The molecule has 2 heteroatoms. The average molecular weight is 443 g/mol. The molecule has 0 amide bonds. The third kappa shape index (κ3) is 7.25. The van der Waals surface area contributed by atoms with Gasteiger partial charge in [-0.15, -0.1) is 0 Å². The molecule has 0 N–H and O–H groups in total. The van der Waals surface area contributed by atoms with Gasteiger partial charge in [0.1, 0.15) is 0 Å². The number of nitrogens with zero attached hydrogens (tertiary/aromatic N) is 2. The van der Waals surface area contributed by atoms with E-state index in [1.54, 1.807) is 0 Å². The maximum atomic E-state index is 2.54. The molecule has 0 aliphatic carbocycles. The topological polar surface area (TPSA) is 6.48 Å². The van der Waals surface area contributed by atoms with Crippen molar-refractivity contribution in [2.24, 2.45) is 11.8 Å². The predicted octanol–water partition coefficient (Wildman–Crippen LogP) is 7.70. The van der Waals surface area contributed by atoms with Crippen LogP contribution in [0.5, 0.6) is 0 Å². The second-order valence-electron chi connectivity index (χ2n) is 10.2. The molecule has 2 aromatic rings. The first-order valence-electron chi connectivity index (χ1n) is 13.1. The van der Waals surface area contributed by atoms with Gasteiger partial charge in [0.05, 0.1) is 0 Å². The highest BCUT2D eigenvalue weighted by Crippen LogP contribution is 2.28. The minimum absolute atomic E-state index is 0.934. The van der Waals surface area contributed by atoms with E-state index in [0.29, 0.717) is 0 Å². The Labute approximate surface area is 202 Å². The van der Waals surface area contributed by atoms with Crippen molar-refractivity contribution in [2.75, 3.05) is 26.2 Å². The number of rotatable bonds is 8. The van der Waals surface area contributed by atoms with Crippen LogP contribution in [0.1, 0.15) is 69.9 Å². The van der Waals surface area contributed by atoms with Crippen LogP contribution >= 0.6 is 0 Å². The van der Waals surface area contributed by atoms with E-state index in [1.807, 2.05) is 0 Å². The van der Waals surface area contributed by atoms with Gasteiger partial charge in [0, 0.05) is 38.6 Å². The van der Waals surface area contributed by atoms with E-state index in [-0.39, 0.29) is 0 Å². The molecule has 33 heavy (non-hydrogen) atoms. The lowest BCUT2D eigenvalue weighted by atomic mass is 9.87. The Morgan fingerprint density at radius 1 is 0.636 bits per heavy atom. The van der Waals surface area contributed by atoms with Crippen molar-refractivity contribution in [2.45, 2.75) is 58.8 Å². The summed E-state index contributed by atoms with van der Waals surface area (Å²) in [5.74, 6) is 1.87. The number of benzene rings is 2. The molecular weight excluding hydrogens is 400 g/mol. The highest BCUT2D eigenvalue weighted by atomic mass is 15.1. The molecule has 176 valence electrons. The first kappa shape index (κ1) is 23.7. The van der Waals surface area contributed by atoms with Crippen molar-refractivity contribution in [3.63, 3.8) is 0 Å². The maximum absolute atomic E-state index is 2.54. The minimum Gasteiger partial charge on any atom is -0.377 e. The predicted molar refractivity (Wildman–Crippen MR) is 143 cm³/mol. The van der Waals surface area contributed by atoms with Gasteiger partial charge in [0.2, 0.25) is 0 Å². The SMILES string of the molecule is C/C(=C\N1CCC(CCCC2CCN(/C=C(\C)c3ccccc3)CC2)CC1)c1ccccc1. The molecule has 2 nitrogen and oxygen atoms in total. The third-order valence-electron chi connectivity index (χ3n) is 7.73. The minimum atomic E-state index is 0.934. The van der Waals surface area contributed by atoms with E-state index < -0.39 is 0 Å². The Morgan fingerprint density at radius 3 is 1.36 bits per heavy atom. The van der Waals surface area contributed by atoms with Crippen LogP contribution in [0.4, 0.5) is 0 Å². The largest absolute Gasteiger partial charge is 0.377 e. The van der Waals surface area contributed by atoms with Crippen molar-refractivity contribution in [3.8, 4) is 0 Å². The zero-order valence-electron chi connectivity index (χ0n) is 20.8. The van der Waals surface area contributed by atoms with Gasteiger partial charge in [-0.05, 0) is 73.6 Å².